The molecule has 5 nitrogen and oxygen atoms in total. The van der Waals surface area contributed by atoms with Gasteiger partial charge in [0.15, 0.2) is 0 Å². The van der Waals surface area contributed by atoms with Crippen molar-refractivity contribution in [2.24, 2.45) is 0 Å². The number of piperidine rings is 1. The number of anilines is 1. The van der Waals surface area contributed by atoms with Crippen molar-refractivity contribution in [3.8, 4) is 0 Å². The van der Waals surface area contributed by atoms with Crippen LogP contribution in [0.4, 0.5) is 10.2 Å². The lowest BCUT2D eigenvalue weighted by Gasteiger charge is -2.39. The fourth-order valence-corrected chi connectivity index (χ4v) is 5.51. The van der Waals surface area contributed by atoms with Crippen molar-refractivity contribution in [1.82, 2.24) is 14.9 Å². The number of amides is 1. The summed E-state index contributed by atoms with van der Waals surface area (Å²) in [6.07, 6.45) is 9.33. The minimum absolute atomic E-state index is 0.0429. The topological polar surface area (TPSA) is 49.3 Å². The molecule has 2 aromatic rings. The van der Waals surface area contributed by atoms with E-state index in [0.717, 1.165) is 41.4 Å². The second-order valence-electron chi connectivity index (χ2n) is 9.38. The van der Waals surface area contributed by atoms with Gasteiger partial charge in [0.05, 0.1) is 13.0 Å². The van der Waals surface area contributed by atoms with E-state index >= 15 is 0 Å². The molecule has 1 aromatic heterocycles. The van der Waals surface area contributed by atoms with Crippen LogP contribution in [0.25, 0.3) is 0 Å². The molecule has 164 valence electrons. The summed E-state index contributed by atoms with van der Waals surface area (Å²) in [5.41, 5.74) is 2.77. The summed E-state index contributed by atoms with van der Waals surface area (Å²) >= 11 is 0. The fraction of sp³-hybridized carbons (Fsp3) is 0.560. The van der Waals surface area contributed by atoms with E-state index in [2.05, 4.69) is 4.90 Å². The van der Waals surface area contributed by atoms with E-state index in [1.165, 1.54) is 57.2 Å². The highest BCUT2D eigenvalue weighted by atomic mass is 19.1. The number of benzene rings is 1. The van der Waals surface area contributed by atoms with Gasteiger partial charge in [0.25, 0.3) is 0 Å². The molecule has 0 radical (unpaired) electrons. The van der Waals surface area contributed by atoms with Crippen LogP contribution in [0.1, 0.15) is 73.5 Å². The van der Waals surface area contributed by atoms with Gasteiger partial charge in [-0.1, -0.05) is 31.4 Å². The summed E-state index contributed by atoms with van der Waals surface area (Å²) in [5, 5.41) is 0. The molecule has 1 aromatic carbocycles. The lowest BCUT2D eigenvalue weighted by molar-refractivity contribution is -0.117. The second-order valence-corrected chi connectivity index (χ2v) is 9.38. The molecule has 1 saturated heterocycles. The average Bonchev–Trinajstić information content (AvgIpc) is 3.12. The molecular formula is C25H31FN4O. The Kier molecular flexibility index (Phi) is 5.74. The molecule has 0 bridgehead atoms. The number of carbonyl (C=O) groups is 1. The van der Waals surface area contributed by atoms with Crippen molar-refractivity contribution in [3.05, 3.63) is 52.7 Å². The molecule has 1 atom stereocenters. The SMILES string of the molecule is Cc1nc(C2CCCN(C3CCCCC3)C2)nc2c1CC(=O)N2Cc1ccc(F)cc1. The molecule has 1 aliphatic carbocycles. The van der Waals surface area contributed by atoms with Crippen LogP contribution < -0.4 is 4.90 Å². The highest BCUT2D eigenvalue weighted by Crippen LogP contribution is 2.35. The summed E-state index contributed by atoms with van der Waals surface area (Å²) < 4.78 is 13.3. The highest BCUT2D eigenvalue weighted by Gasteiger charge is 2.34. The van der Waals surface area contributed by atoms with Crippen LogP contribution in [-0.4, -0.2) is 39.9 Å². The van der Waals surface area contributed by atoms with Crippen LogP contribution in [-0.2, 0) is 17.8 Å². The summed E-state index contributed by atoms with van der Waals surface area (Å²) in [6, 6.07) is 7.06. The van der Waals surface area contributed by atoms with Gasteiger partial charge in [-0.3, -0.25) is 14.6 Å². The highest BCUT2D eigenvalue weighted by molar-refractivity contribution is 6.00. The predicted octanol–water partition coefficient (Wildman–Crippen LogP) is 4.53. The number of aromatic nitrogens is 2. The molecule has 1 amide bonds. The van der Waals surface area contributed by atoms with E-state index in [-0.39, 0.29) is 11.7 Å². The monoisotopic (exact) mass is 422 g/mol. The van der Waals surface area contributed by atoms with Crippen molar-refractivity contribution >= 4 is 11.7 Å². The molecule has 0 spiro atoms. The van der Waals surface area contributed by atoms with E-state index in [1.807, 2.05) is 6.92 Å². The zero-order valence-electron chi connectivity index (χ0n) is 18.3. The first-order chi connectivity index (χ1) is 15.1. The zero-order chi connectivity index (χ0) is 21.4. The minimum Gasteiger partial charge on any atom is -0.300 e. The third-order valence-electron chi connectivity index (χ3n) is 7.26. The Morgan fingerprint density at radius 3 is 2.58 bits per heavy atom. The molecule has 1 unspecified atom stereocenters. The van der Waals surface area contributed by atoms with Crippen LogP contribution in [0.2, 0.25) is 0 Å². The van der Waals surface area contributed by atoms with Crippen molar-refractivity contribution < 1.29 is 9.18 Å². The van der Waals surface area contributed by atoms with E-state index in [9.17, 15) is 9.18 Å². The number of rotatable bonds is 4. The third kappa shape index (κ3) is 4.22. The number of hydrogen-bond donors (Lipinski definition) is 0. The predicted molar refractivity (Wildman–Crippen MR) is 118 cm³/mol. The van der Waals surface area contributed by atoms with Crippen molar-refractivity contribution in [2.75, 3.05) is 18.0 Å². The van der Waals surface area contributed by atoms with Crippen LogP contribution in [0.3, 0.4) is 0 Å². The normalized spacial score (nSPS) is 22.7. The van der Waals surface area contributed by atoms with Crippen LogP contribution in [0.15, 0.2) is 24.3 Å². The molecule has 0 N–H and O–H groups in total. The summed E-state index contributed by atoms with van der Waals surface area (Å²) in [6.45, 7) is 4.62. The van der Waals surface area contributed by atoms with Crippen molar-refractivity contribution in [1.29, 1.82) is 0 Å². The lowest BCUT2D eigenvalue weighted by atomic mass is 9.90. The number of fused-ring (bicyclic) bond motifs is 1. The van der Waals surface area contributed by atoms with Crippen LogP contribution in [0, 0.1) is 12.7 Å². The first-order valence-electron chi connectivity index (χ1n) is 11.7. The van der Waals surface area contributed by atoms with Crippen LogP contribution in [0.5, 0.6) is 0 Å². The van der Waals surface area contributed by atoms with Gasteiger partial charge in [-0.05, 0) is 56.8 Å². The Morgan fingerprint density at radius 1 is 1.03 bits per heavy atom. The molecule has 31 heavy (non-hydrogen) atoms. The fourth-order valence-electron chi connectivity index (χ4n) is 5.51. The standard InChI is InChI=1S/C25H31FN4O/c1-17-22-14-23(31)30(15-18-9-11-20(26)12-10-18)25(22)28-24(27-17)19-6-5-13-29(16-19)21-7-3-2-4-8-21/h9-12,19,21H,2-8,13-16H2,1H3. The quantitative estimate of drug-likeness (QED) is 0.727. The molecule has 2 fully saturated rings. The molecule has 6 heteroatoms. The van der Waals surface area contributed by atoms with E-state index in [4.69, 9.17) is 9.97 Å². The average molecular weight is 423 g/mol. The molecule has 3 heterocycles. The first-order valence-corrected chi connectivity index (χ1v) is 11.7. The summed E-state index contributed by atoms with van der Waals surface area (Å²) in [7, 11) is 0. The van der Waals surface area contributed by atoms with Crippen LogP contribution >= 0.6 is 0 Å². The number of likely N-dealkylation sites (tertiary alicyclic amines) is 1. The minimum atomic E-state index is -0.267. The summed E-state index contributed by atoms with van der Waals surface area (Å²) in [5.74, 6) is 1.74. The Hall–Kier alpha value is -2.34. The molecule has 2 aliphatic heterocycles. The largest absolute Gasteiger partial charge is 0.300 e. The lowest BCUT2D eigenvalue weighted by Crippen LogP contribution is -2.43. The molecule has 3 aliphatic rings. The van der Waals surface area contributed by atoms with Gasteiger partial charge in [0.1, 0.15) is 17.5 Å². The Balaban J connectivity index is 1.39. The van der Waals surface area contributed by atoms with Gasteiger partial charge >= 0.3 is 0 Å². The van der Waals surface area contributed by atoms with Gasteiger partial charge in [0.2, 0.25) is 5.91 Å². The smallest absolute Gasteiger partial charge is 0.233 e. The molecular weight excluding hydrogens is 391 g/mol. The molecule has 1 saturated carbocycles. The number of carbonyl (C=O) groups excluding carboxylic acids is 1. The number of hydrogen-bond acceptors (Lipinski definition) is 4. The number of halogens is 1. The van der Waals surface area contributed by atoms with E-state index in [1.54, 1.807) is 17.0 Å². The maximum absolute atomic E-state index is 13.3. The van der Waals surface area contributed by atoms with Gasteiger partial charge in [-0.15, -0.1) is 0 Å². The Labute approximate surface area is 183 Å². The molecule has 5 rings (SSSR count). The van der Waals surface area contributed by atoms with Gasteiger partial charge in [-0.2, -0.15) is 0 Å². The summed E-state index contributed by atoms with van der Waals surface area (Å²) in [4.78, 5) is 27.0. The second kappa shape index (κ2) is 8.65. The van der Waals surface area contributed by atoms with Gasteiger partial charge in [-0.25, -0.2) is 14.4 Å². The number of aryl methyl sites for hydroxylation is 1. The van der Waals surface area contributed by atoms with E-state index < -0.39 is 0 Å². The van der Waals surface area contributed by atoms with Gasteiger partial charge in [0, 0.05) is 29.8 Å². The maximum atomic E-state index is 13.3. The van der Waals surface area contributed by atoms with Gasteiger partial charge < -0.3 is 0 Å². The van der Waals surface area contributed by atoms with Crippen molar-refractivity contribution in [3.63, 3.8) is 0 Å². The van der Waals surface area contributed by atoms with E-state index in [0.29, 0.717) is 24.9 Å². The first kappa shape index (κ1) is 20.6. The Morgan fingerprint density at radius 2 is 1.81 bits per heavy atom. The number of nitrogens with zero attached hydrogens (tertiary/aromatic N) is 4. The zero-order valence-corrected chi connectivity index (χ0v) is 18.3. The third-order valence-corrected chi connectivity index (χ3v) is 7.26. The van der Waals surface area contributed by atoms with Crippen molar-refractivity contribution in [2.45, 2.75) is 76.8 Å². The Bertz CT molecular complexity index is 955. The maximum Gasteiger partial charge on any atom is 0.233 e.